The molecule has 0 bridgehead atoms. The van der Waals surface area contributed by atoms with Gasteiger partial charge < -0.3 is 18.9 Å². The monoisotopic (exact) mass is 336 g/mol. The minimum absolute atomic E-state index is 0.0161. The van der Waals surface area contributed by atoms with Crippen molar-refractivity contribution in [3.63, 3.8) is 0 Å². The Labute approximate surface area is 139 Å². The number of esters is 2. The van der Waals surface area contributed by atoms with Gasteiger partial charge in [-0.15, -0.1) is 0 Å². The summed E-state index contributed by atoms with van der Waals surface area (Å²) in [4.78, 5) is 50.8. The lowest BCUT2D eigenvalue weighted by Crippen LogP contribution is -2.31. The molecular formula is C16H20N2O6. The molecule has 1 aromatic heterocycles. The van der Waals surface area contributed by atoms with E-state index >= 15 is 0 Å². The van der Waals surface area contributed by atoms with E-state index in [2.05, 4.69) is 0 Å². The van der Waals surface area contributed by atoms with Gasteiger partial charge in [0.15, 0.2) is 5.78 Å². The third-order valence-corrected chi connectivity index (χ3v) is 3.85. The number of amides is 1. The van der Waals surface area contributed by atoms with Crippen molar-refractivity contribution in [2.75, 3.05) is 25.2 Å². The number of carbonyl (C=O) groups excluding carboxylic acids is 4. The zero-order valence-corrected chi connectivity index (χ0v) is 14.1. The number of nitrogens with zero attached hydrogens (tertiary/aromatic N) is 2. The molecule has 8 heteroatoms. The Balaban J connectivity index is 2.61. The zero-order valence-electron chi connectivity index (χ0n) is 14.1. The molecule has 0 N–H and O–H groups in total. The summed E-state index contributed by atoms with van der Waals surface area (Å²) in [6.07, 6.45) is 1.13. The maximum absolute atomic E-state index is 12.9. The summed E-state index contributed by atoms with van der Waals surface area (Å²) < 4.78 is 11.4. The number of ether oxygens (including phenoxy) is 2. The average Bonchev–Trinajstić information content (AvgIpc) is 2.84. The van der Waals surface area contributed by atoms with Crippen molar-refractivity contribution in [2.45, 2.75) is 20.3 Å². The molecule has 1 aromatic rings. The van der Waals surface area contributed by atoms with Gasteiger partial charge in [0.25, 0.3) is 0 Å². The van der Waals surface area contributed by atoms with Crippen molar-refractivity contribution in [2.24, 2.45) is 13.0 Å². The number of anilines is 1. The first-order chi connectivity index (χ1) is 11.3. The van der Waals surface area contributed by atoms with E-state index in [0.717, 1.165) is 0 Å². The van der Waals surface area contributed by atoms with Crippen molar-refractivity contribution < 1.29 is 28.7 Å². The van der Waals surface area contributed by atoms with Crippen molar-refractivity contribution in [3.8, 4) is 0 Å². The molecule has 8 nitrogen and oxygen atoms in total. The Morgan fingerprint density at radius 2 is 1.79 bits per heavy atom. The Morgan fingerprint density at radius 1 is 1.17 bits per heavy atom. The number of carbonyl (C=O) groups is 4. The lowest BCUT2D eigenvalue weighted by molar-refractivity contribution is -0.147. The van der Waals surface area contributed by atoms with Crippen molar-refractivity contribution in [1.29, 1.82) is 0 Å². The first-order valence-electron chi connectivity index (χ1n) is 7.67. The molecule has 0 saturated heterocycles. The molecule has 0 fully saturated rings. The smallest absolute Gasteiger partial charge is 0.340 e. The molecule has 2 heterocycles. The van der Waals surface area contributed by atoms with E-state index < -0.39 is 29.5 Å². The molecule has 2 rings (SSSR count). The normalized spacial score (nSPS) is 17.3. The first-order valence-corrected chi connectivity index (χ1v) is 7.67. The minimum atomic E-state index is -1.27. The van der Waals surface area contributed by atoms with Gasteiger partial charge in [-0.2, -0.15) is 0 Å². The molecular weight excluding hydrogens is 316 g/mol. The van der Waals surface area contributed by atoms with Crippen LogP contribution in [0.2, 0.25) is 0 Å². The quantitative estimate of drug-likeness (QED) is 0.600. The maximum atomic E-state index is 12.9. The largest absolute Gasteiger partial charge is 0.465 e. The van der Waals surface area contributed by atoms with Crippen LogP contribution in [0.5, 0.6) is 0 Å². The number of aryl methyl sites for hydroxylation is 1. The highest BCUT2D eigenvalue weighted by Crippen LogP contribution is 2.33. The molecule has 1 aliphatic rings. The van der Waals surface area contributed by atoms with Crippen molar-refractivity contribution in [1.82, 2.24) is 4.57 Å². The first kappa shape index (κ1) is 17.7. The Bertz CT molecular complexity index is 706. The van der Waals surface area contributed by atoms with E-state index in [0.29, 0.717) is 0 Å². The summed E-state index contributed by atoms with van der Waals surface area (Å²) >= 11 is 0. The van der Waals surface area contributed by atoms with Crippen LogP contribution in [0.4, 0.5) is 5.82 Å². The molecule has 24 heavy (non-hydrogen) atoms. The summed E-state index contributed by atoms with van der Waals surface area (Å²) in [5.41, 5.74) is 0.0533. The lowest BCUT2D eigenvalue weighted by Gasteiger charge is -2.16. The topological polar surface area (TPSA) is 94.9 Å². The van der Waals surface area contributed by atoms with Crippen molar-refractivity contribution in [3.05, 3.63) is 17.3 Å². The van der Waals surface area contributed by atoms with Gasteiger partial charge in [-0.3, -0.25) is 14.4 Å². The van der Waals surface area contributed by atoms with Crippen LogP contribution in [0.3, 0.4) is 0 Å². The Kier molecular flexibility index (Phi) is 5.06. The molecule has 0 aliphatic carbocycles. The van der Waals surface area contributed by atoms with E-state index in [1.807, 2.05) is 0 Å². The highest BCUT2D eigenvalue weighted by atomic mass is 16.5. The van der Waals surface area contributed by atoms with E-state index in [-0.39, 0.29) is 36.6 Å². The molecule has 1 amide bonds. The fourth-order valence-corrected chi connectivity index (χ4v) is 2.76. The number of hydrogen-bond donors (Lipinski definition) is 0. The van der Waals surface area contributed by atoms with Gasteiger partial charge in [-0.05, 0) is 13.8 Å². The molecule has 130 valence electrons. The summed E-state index contributed by atoms with van der Waals surface area (Å²) in [5.74, 6) is -3.46. The van der Waals surface area contributed by atoms with E-state index in [1.54, 1.807) is 20.9 Å². The van der Waals surface area contributed by atoms with Gasteiger partial charge in [0.2, 0.25) is 5.91 Å². The average molecular weight is 336 g/mol. The van der Waals surface area contributed by atoms with Gasteiger partial charge in [-0.25, -0.2) is 4.79 Å². The standard InChI is InChI=1S/C16H20N2O6/c1-5-23-15(21)9-7-11(19)18(4)14-12(13(9)20)10(8-17(14)3)16(22)24-6-2/h8-9H,5-7H2,1-4H3. The number of fused-ring (bicyclic) bond motifs is 1. The van der Waals surface area contributed by atoms with Gasteiger partial charge >= 0.3 is 11.9 Å². The predicted octanol–water partition coefficient (Wildman–Crippen LogP) is 0.930. The molecule has 1 unspecified atom stereocenters. The maximum Gasteiger partial charge on any atom is 0.340 e. The number of rotatable bonds is 4. The molecule has 1 atom stereocenters. The van der Waals surface area contributed by atoms with Crippen LogP contribution >= 0.6 is 0 Å². The second kappa shape index (κ2) is 6.86. The molecule has 0 spiro atoms. The summed E-state index contributed by atoms with van der Waals surface area (Å²) in [6.45, 7) is 3.51. The van der Waals surface area contributed by atoms with Crippen LogP contribution in [0.25, 0.3) is 0 Å². The van der Waals surface area contributed by atoms with Crippen LogP contribution in [-0.4, -0.2) is 48.5 Å². The highest BCUT2D eigenvalue weighted by Gasteiger charge is 2.41. The number of hydrogen-bond acceptors (Lipinski definition) is 6. The van der Waals surface area contributed by atoms with Crippen molar-refractivity contribution >= 4 is 29.4 Å². The predicted molar refractivity (Wildman–Crippen MR) is 83.9 cm³/mol. The number of Topliss-reactive ketones (excluding diaryl/α,β-unsaturated/α-hetero) is 1. The fraction of sp³-hybridized carbons (Fsp3) is 0.500. The van der Waals surface area contributed by atoms with Gasteiger partial charge in [0, 0.05) is 26.7 Å². The number of ketones is 1. The lowest BCUT2D eigenvalue weighted by atomic mass is 9.94. The highest BCUT2D eigenvalue weighted by molar-refractivity contribution is 6.21. The van der Waals surface area contributed by atoms with E-state index in [1.165, 1.54) is 22.7 Å². The second-order valence-electron chi connectivity index (χ2n) is 5.40. The summed E-state index contributed by atoms with van der Waals surface area (Å²) in [6, 6.07) is 0. The Morgan fingerprint density at radius 3 is 2.38 bits per heavy atom. The molecule has 0 radical (unpaired) electrons. The summed E-state index contributed by atoms with van der Waals surface area (Å²) in [7, 11) is 3.11. The third kappa shape index (κ3) is 2.91. The van der Waals surface area contributed by atoms with Crippen LogP contribution in [0.1, 0.15) is 41.0 Å². The molecule has 1 aliphatic heterocycles. The number of aromatic nitrogens is 1. The molecule has 0 saturated carbocycles. The van der Waals surface area contributed by atoms with Crippen LogP contribution in [0.15, 0.2) is 6.20 Å². The minimum Gasteiger partial charge on any atom is -0.465 e. The van der Waals surface area contributed by atoms with E-state index in [9.17, 15) is 19.2 Å². The Hall–Kier alpha value is -2.64. The van der Waals surface area contributed by atoms with Crippen LogP contribution in [-0.2, 0) is 26.1 Å². The van der Waals surface area contributed by atoms with Gasteiger partial charge in [0.1, 0.15) is 11.7 Å². The SMILES string of the molecule is CCOC(=O)c1cn(C)c2c1C(=O)C(C(=O)OCC)CC(=O)N2C. The van der Waals surface area contributed by atoms with Crippen LogP contribution in [0, 0.1) is 5.92 Å². The van der Waals surface area contributed by atoms with E-state index in [4.69, 9.17) is 9.47 Å². The van der Waals surface area contributed by atoms with Crippen LogP contribution < -0.4 is 4.90 Å². The molecule has 0 aromatic carbocycles. The van der Waals surface area contributed by atoms with Gasteiger partial charge in [-0.1, -0.05) is 0 Å². The van der Waals surface area contributed by atoms with Gasteiger partial charge in [0.05, 0.1) is 24.3 Å². The summed E-state index contributed by atoms with van der Waals surface area (Å²) in [5, 5.41) is 0. The zero-order chi connectivity index (χ0) is 18.0. The fourth-order valence-electron chi connectivity index (χ4n) is 2.76. The second-order valence-corrected chi connectivity index (χ2v) is 5.40. The third-order valence-electron chi connectivity index (χ3n) is 3.85.